The standard InChI is InChI=1S/C28H24ClN3O5S/c1-2-36-28(33)20-38(34,35)32(14-4-8-21-6-3-7-22(16-21)19-30)24-10-11-27(26(29)18-24)37-25-12-15-31-13-5-9-23(31)17-25/h3-13,15-18H,2,14,20H2,1H3. The van der Waals surface area contributed by atoms with E-state index in [9.17, 15) is 13.2 Å². The van der Waals surface area contributed by atoms with Gasteiger partial charge in [0.2, 0.25) is 10.0 Å². The molecule has 0 saturated heterocycles. The fraction of sp³-hybridized carbons (Fsp3) is 0.143. The Hall–Kier alpha value is -4.26. The Labute approximate surface area is 225 Å². The number of sulfonamides is 1. The zero-order chi connectivity index (χ0) is 27.1. The van der Waals surface area contributed by atoms with Crippen LogP contribution in [0, 0.1) is 11.3 Å². The van der Waals surface area contributed by atoms with Crippen molar-refractivity contribution >= 4 is 44.9 Å². The number of ether oxygens (including phenoxy) is 2. The summed E-state index contributed by atoms with van der Waals surface area (Å²) in [6.07, 6.45) is 7.10. The first-order valence-electron chi connectivity index (χ1n) is 11.7. The first-order chi connectivity index (χ1) is 18.3. The number of esters is 1. The molecule has 0 fully saturated rings. The minimum Gasteiger partial charge on any atom is -0.465 e. The van der Waals surface area contributed by atoms with Crippen molar-refractivity contribution in [2.75, 3.05) is 23.2 Å². The fourth-order valence-electron chi connectivity index (χ4n) is 3.74. The fourth-order valence-corrected chi connectivity index (χ4v) is 5.23. The van der Waals surface area contributed by atoms with Crippen LogP contribution >= 0.6 is 11.6 Å². The second-order valence-corrected chi connectivity index (χ2v) is 10.5. The lowest BCUT2D eigenvalue weighted by atomic mass is 10.1. The second-order valence-electron chi connectivity index (χ2n) is 8.15. The van der Waals surface area contributed by atoms with Crippen LogP contribution in [0.4, 0.5) is 5.69 Å². The van der Waals surface area contributed by atoms with Crippen LogP contribution in [0.1, 0.15) is 18.1 Å². The number of carbonyl (C=O) groups is 1. The quantitative estimate of drug-likeness (QED) is 0.236. The van der Waals surface area contributed by atoms with Crippen LogP contribution in [0.5, 0.6) is 11.5 Å². The summed E-state index contributed by atoms with van der Waals surface area (Å²) in [4.78, 5) is 12.0. The van der Waals surface area contributed by atoms with E-state index in [2.05, 4.69) is 6.07 Å². The lowest BCUT2D eigenvalue weighted by Crippen LogP contribution is -2.36. The van der Waals surface area contributed by atoms with E-state index >= 15 is 0 Å². The average Bonchev–Trinajstić information content (AvgIpc) is 3.36. The van der Waals surface area contributed by atoms with Crippen LogP contribution < -0.4 is 9.04 Å². The molecule has 10 heteroatoms. The second kappa shape index (κ2) is 11.9. The van der Waals surface area contributed by atoms with Crippen molar-refractivity contribution in [3.63, 3.8) is 0 Å². The van der Waals surface area contributed by atoms with Crippen LogP contribution in [0.3, 0.4) is 0 Å². The van der Waals surface area contributed by atoms with Gasteiger partial charge >= 0.3 is 5.97 Å². The maximum Gasteiger partial charge on any atom is 0.323 e. The van der Waals surface area contributed by atoms with Gasteiger partial charge in [-0.25, -0.2) is 8.42 Å². The van der Waals surface area contributed by atoms with Crippen molar-refractivity contribution in [1.82, 2.24) is 4.40 Å². The van der Waals surface area contributed by atoms with E-state index in [0.717, 1.165) is 15.4 Å². The Morgan fingerprint density at radius 2 is 1.95 bits per heavy atom. The molecule has 0 N–H and O–H groups in total. The van der Waals surface area contributed by atoms with E-state index in [1.165, 1.54) is 6.07 Å². The molecular formula is C28H24ClN3O5S. The minimum atomic E-state index is -4.12. The summed E-state index contributed by atoms with van der Waals surface area (Å²) in [6.45, 7) is 1.59. The molecule has 2 aromatic carbocycles. The van der Waals surface area contributed by atoms with E-state index in [1.54, 1.807) is 61.5 Å². The normalized spacial score (nSPS) is 11.4. The summed E-state index contributed by atoms with van der Waals surface area (Å²) in [5, 5.41) is 9.30. The van der Waals surface area contributed by atoms with Crippen LogP contribution in [-0.4, -0.2) is 37.7 Å². The molecular weight excluding hydrogens is 526 g/mol. The highest BCUT2D eigenvalue weighted by Crippen LogP contribution is 2.34. The van der Waals surface area contributed by atoms with E-state index in [-0.39, 0.29) is 23.9 Å². The highest BCUT2D eigenvalue weighted by Gasteiger charge is 2.26. The lowest BCUT2D eigenvalue weighted by molar-refractivity contribution is -0.139. The highest BCUT2D eigenvalue weighted by atomic mass is 35.5. The number of fused-ring (bicyclic) bond motifs is 1. The van der Waals surface area contributed by atoms with E-state index in [1.807, 2.05) is 35.0 Å². The molecule has 8 nitrogen and oxygen atoms in total. The number of hydrogen-bond acceptors (Lipinski definition) is 6. The van der Waals surface area contributed by atoms with Gasteiger partial charge in [0.05, 0.1) is 35.5 Å². The van der Waals surface area contributed by atoms with Gasteiger partial charge in [-0.1, -0.05) is 35.9 Å². The first-order valence-corrected chi connectivity index (χ1v) is 13.6. The largest absolute Gasteiger partial charge is 0.465 e. The van der Waals surface area contributed by atoms with Crippen molar-refractivity contribution in [3.05, 3.63) is 101 Å². The Bertz CT molecular complexity index is 1640. The lowest BCUT2D eigenvalue weighted by Gasteiger charge is -2.23. The summed E-state index contributed by atoms with van der Waals surface area (Å²) < 4.78 is 40.2. The maximum atomic E-state index is 13.2. The van der Waals surface area contributed by atoms with Gasteiger partial charge < -0.3 is 13.9 Å². The molecule has 194 valence electrons. The van der Waals surface area contributed by atoms with Crippen molar-refractivity contribution in [2.24, 2.45) is 0 Å². The molecule has 0 saturated carbocycles. The van der Waals surface area contributed by atoms with Gasteiger partial charge in [-0.2, -0.15) is 5.26 Å². The topological polar surface area (TPSA) is 101 Å². The van der Waals surface area contributed by atoms with Gasteiger partial charge in [-0.15, -0.1) is 0 Å². The number of nitriles is 1. The van der Waals surface area contributed by atoms with Crippen LogP contribution in [0.15, 0.2) is 85.2 Å². The maximum absolute atomic E-state index is 13.2. The summed E-state index contributed by atoms with van der Waals surface area (Å²) in [5.74, 6) is -0.765. The van der Waals surface area contributed by atoms with E-state index < -0.39 is 21.7 Å². The number of anilines is 1. The SMILES string of the molecule is CCOC(=O)CS(=O)(=O)N(CC=Cc1cccc(C#N)c1)c1ccc(Oc2ccn3cccc3c2)c(Cl)c1. The zero-order valence-electron chi connectivity index (χ0n) is 20.5. The molecule has 0 spiro atoms. The van der Waals surface area contributed by atoms with Gasteiger partial charge in [0.25, 0.3) is 0 Å². The van der Waals surface area contributed by atoms with Crippen LogP contribution in [-0.2, 0) is 19.6 Å². The molecule has 2 heterocycles. The van der Waals surface area contributed by atoms with Crippen LogP contribution in [0.25, 0.3) is 11.6 Å². The van der Waals surface area contributed by atoms with Crippen molar-refractivity contribution < 1.29 is 22.7 Å². The number of carbonyl (C=O) groups excluding carboxylic acids is 1. The third kappa shape index (κ3) is 6.54. The summed E-state index contributed by atoms with van der Waals surface area (Å²) in [7, 11) is -4.12. The van der Waals surface area contributed by atoms with Gasteiger partial charge in [-0.05, 0) is 61.0 Å². The van der Waals surface area contributed by atoms with E-state index in [0.29, 0.717) is 17.1 Å². The molecule has 38 heavy (non-hydrogen) atoms. The smallest absolute Gasteiger partial charge is 0.323 e. The number of benzene rings is 2. The predicted molar refractivity (Wildman–Crippen MR) is 147 cm³/mol. The summed E-state index contributed by atoms with van der Waals surface area (Å²) >= 11 is 6.50. The van der Waals surface area contributed by atoms with Crippen molar-refractivity contribution in [1.29, 1.82) is 5.26 Å². The molecule has 0 radical (unpaired) electrons. The Kier molecular flexibility index (Phi) is 8.36. The van der Waals surface area contributed by atoms with Gasteiger partial charge in [-0.3, -0.25) is 9.10 Å². The van der Waals surface area contributed by atoms with Crippen molar-refractivity contribution in [2.45, 2.75) is 6.92 Å². The number of pyridine rings is 1. The van der Waals surface area contributed by atoms with Crippen LogP contribution in [0.2, 0.25) is 5.02 Å². The van der Waals surface area contributed by atoms with Gasteiger partial charge in [0, 0.05) is 24.0 Å². The Balaban J connectivity index is 1.61. The third-order valence-electron chi connectivity index (χ3n) is 5.47. The number of hydrogen-bond donors (Lipinski definition) is 0. The molecule has 0 bridgehead atoms. The number of nitrogens with zero attached hydrogens (tertiary/aromatic N) is 3. The number of rotatable bonds is 10. The first kappa shape index (κ1) is 26.8. The molecule has 0 aliphatic carbocycles. The number of aromatic nitrogens is 1. The summed E-state index contributed by atoms with van der Waals surface area (Å²) in [5.41, 5.74) is 2.41. The van der Waals surface area contributed by atoms with Gasteiger partial charge in [0.15, 0.2) is 5.75 Å². The number of halogens is 1. The molecule has 0 aliphatic rings. The molecule has 2 aromatic heterocycles. The summed E-state index contributed by atoms with van der Waals surface area (Å²) in [6, 6.07) is 21.1. The Morgan fingerprint density at radius 1 is 1.11 bits per heavy atom. The Morgan fingerprint density at radius 3 is 2.71 bits per heavy atom. The average molecular weight is 550 g/mol. The monoisotopic (exact) mass is 549 g/mol. The molecule has 0 amide bonds. The van der Waals surface area contributed by atoms with E-state index in [4.69, 9.17) is 26.3 Å². The third-order valence-corrected chi connectivity index (χ3v) is 7.40. The zero-order valence-corrected chi connectivity index (χ0v) is 22.0. The molecule has 4 aromatic rings. The van der Waals surface area contributed by atoms with Gasteiger partial charge in [0.1, 0.15) is 11.5 Å². The van der Waals surface area contributed by atoms with Crippen molar-refractivity contribution in [3.8, 4) is 17.6 Å². The molecule has 0 aliphatic heterocycles. The molecule has 0 unspecified atom stereocenters. The minimum absolute atomic E-state index is 0.0658. The molecule has 0 atom stereocenters. The predicted octanol–water partition coefficient (Wildman–Crippen LogP) is 5.67. The highest BCUT2D eigenvalue weighted by molar-refractivity contribution is 7.93. The molecule has 4 rings (SSSR count).